The maximum Gasteiger partial charge on any atom is 0.277 e. The van der Waals surface area contributed by atoms with Crippen LogP contribution in [0.1, 0.15) is 0 Å². The third kappa shape index (κ3) is 1.48. The van der Waals surface area contributed by atoms with E-state index in [9.17, 15) is 0 Å². The number of rotatable bonds is 1. The van der Waals surface area contributed by atoms with Crippen molar-refractivity contribution in [3.05, 3.63) is 11.6 Å². The summed E-state index contributed by atoms with van der Waals surface area (Å²) in [6.07, 6.45) is 1.16. The van der Waals surface area contributed by atoms with Crippen LogP contribution in [-0.2, 0) is 0 Å². The summed E-state index contributed by atoms with van der Waals surface area (Å²) in [7, 11) is 0. The predicted molar refractivity (Wildman–Crippen MR) is 28.4 cm³/mol. The molecule has 0 unspecified atom stereocenters. The second-order valence-electron chi connectivity index (χ2n) is 1.15. The molecule has 1 rings (SSSR count). The lowest BCUT2D eigenvalue weighted by molar-refractivity contribution is 0.202. The van der Waals surface area contributed by atoms with Gasteiger partial charge in [0.25, 0.3) is 5.95 Å². The fraction of sp³-hybridized carbons (Fsp3) is 0. The average molecular weight is 146 g/mol. The Kier molecular flexibility index (Phi) is 1.76. The maximum atomic E-state index is 8.08. The molecule has 1 radical (unpaired) electrons. The van der Waals surface area contributed by atoms with Crippen LogP contribution >= 0.6 is 11.6 Å². The van der Waals surface area contributed by atoms with E-state index in [2.05, 4.69) is 20.4 Å². The number of halogens is 1. The van der Waals surface area contributed by atoms with Crippen LogP contribution in [0.4, 0.5) is 5.95 Å². The highest BCUT2D eigenvalue weighted by molar-refractivity contribution is 6.28. The minimum atomic E-state index is -0.0880. The molecule has 1 heterocycles. The molecule has 0 aliphatic heterocycles. The Balaban J connectivity index is 2.94. The molecule has 0 bridgehead atoms. The van der Waals surface area contributed by atoms with E-state index in [1.807, 2.05) is 0 Å². The second-order valence-corrected chi connectivity index (χ2v) is 1.49. The van der Waals surface area contributed by atoms with Crippen LogP contribution in [0.3, 0.4) is 0 Å². The van der Waals surface area contributed by atoms with E-state index in [1.54, 1.807) is 0 Å². The van der Waals surface area contributed by atoms with Gasteiger partial charge in [0.1, 0.15) is 6.33 Å². The Morgan fingerprint density at radius 3 is 2.78 bits per heavy atom. The van der Waals surface area contributed by atoms with Gasteiger partial charge in [-0.1, -0.05) is 5.48 Å². The molecular formula is C3H2ClN4O. The highest BCUT2D eigenvalue weighted by atomic mass is 35.5. The van der Waals surface area contributed by atoms with Crippen molar-refractivity contribution in [3.8, 4) is 0 Å². The average Bonchev–Trinajstić information content (AvgIpc) is 1.88. The summed E-state index contributed by atoms with van der Waals surface area (Å²) in [6.45, 7) is 0. The predicted octanol–water partition coefficient (Wildman–Crippen LogP) is 0.150. The van der Waals surface area contributed by atoms with Crippen molar-refractivity contribution in [1.82, 2.24) is 20.4 Å². The molecule has 0 saturated heterocycles. The Labute approximate surface area is 55.7 Å². The molecule has 0 aliphatic rings. The van der Waals surface area contributed by atoms with Gasteiger partial charge in [0.05, 0.1) is 0 Å². The molecule has 1 aromatic rings. The Morgan fingerprint density at radius 2 is 2.33 bits per heavy atom. The molecule has 6 heteroatoms. The lowest BCUT2D eigenvalue weighted by Crippen LogP contribution is -1.95. The van der Waals surface area contributed by atoms with Crippen LogP contribution < -0.4 is 5.48 Å². The van der Waals surface area contributed by atoms with Gasteiger partial charge in [-0.25, -0.2) is 4.98 Å². The van der Waals surface area contributed by atoms with E-state index >= 15 is 0 Å². The van der Waals surface area contributed by atoms with Gasteiger partial charge in [-0.2, -0.15) is 9.97 Å². The summed E-state index contributed by atoms with van der Waals surface area (Å²) in [5.74, 6) is -0.0880. The molecule has 0 aliphatic carbocycles. The maximum absolute atomic E-state index is 8.08. The Hall–Kier alpha value is -0.940. The zero-order valence-corrected chi connectivity index (χ0v) is 4.95. The first-order valence-electron chi connectivity index (χ1n) is 2.02. The quantitative estimate of drug-likeness (QED) is 0.571. The molecule has 0 amide bonds. The van der Waals surface area contributed by atoms with Gasteiger partial charge in [-0.05, 0) is 11.6 Å². The van der Waals surface area contributed by atoms with Crippen molar-refractivity contribution in [2.75, 3.05) is 0 Å². The molecule has 47 valence electrons. The first kappa shape index (κ1) is 6.18. The molecular weight excluding hydrogens is 144 g/mol. The van der Waals surface area contributed by atoms with Gasteiger partial charge in [0.2, 0.25) is 5.28 Å². The van der Waals surface area contributed by atoms with E-state index in [0.29, 0.717) is 0 Å². The molecule has 0 fully saturated rings. The summed E-state index contributed by atoms with van der Waals surface area (Å²) >= 11 is 5.29. The smallest absolute Gasteiger partial charge is 0.264 e. The monoisotopic (exact) mass is 145 g/mol. The van der Waals surface area contributed by atoms with Crippen LogP contribution in [0.2, 0.25) is 5.28 Å². The zero-order valence-electron chi connectivity index (χ0n) is 4.19. The third-order valence-corrected chi connectivity index (χ3v) is 0.801. The molecule has 0 spiro atoms. The number of hydrogen-bond acceptors (Lipinski definition) is 4. The van der Waals surface area contributed by atoms with E-state index in [1.165, 1.54) is 0 Å². The van der Waals surface area contributed by atoms with Gasteiger partial charge < -0.3 is 0 Å². The fourth-order valence-corrected chi connectivity index (χ4v) is 0.436. The van der Waals surface area contributed by atoms with E-state index in [0.717, 1.165) is 6.33 Å². The van der Waals surface area contributed by atoms with Crippen molar-refractivity contribution < 1.29 is 5.21 Å². The first-order chi connectivity index (χ1) is 4.33. The van der Waals surface area contributed by atoms with Gasteiger partial charge in [0, 0.05) is 0 Å². The summed E-state index contributed by atoms with van der Waals surface area (Å²) in [5, 5.41) is 8.09. The number of hydrogen-bond donors (Lipinski definition) is 1. The SMILES string of the molecule is O[N]c1ncnc(Cl)n1. The third-order valence-electron chi connectivity index (χ3n) is 0.619. The molecule has 0 aromatic carbocycles. The van der Waals surface area contributed by atoms with Gasteiger partial charge in [0.15, 0.2) is 0 Å². The first-order valence-corrected chi connectivity index (χ1v) is 2.40. The fourth-order valence-electron chi connectivity index (χ4n) is 0.317. The Morgan fingerprint density at radius 1 is 1.56 bits per heavy atom. The van der Waals surface area contributed by atoms with Crippen molar-refractivity contribution in [3.63, 3.8) is 0 Å². The van der Waals surface area contributed by atoms with Crippen LogP contribution in [0, 0.1) is 0 Å². The van der Waals surface area contributed by atoms with Gasteiger partial charge >= 0.3 is 0 Å². The second kappa shape index (κ2) is 2.56. The van der Waals surface area contributed by atoms with E-state index < -0.39 is 0 Å². The zero-order chi connectivity index (χ0) is 6.69. The number of aromatic nitrogens is 3. The molecule has 1 N–H and O–H groups in total. The topological polar surface area (TPSA) is 73.0 Å². The van der Waals surface area contributed by atoms with E-state index in [-0.39, 0.29) is 11.2 Å². The van der Waals surface area contributed by atoms with Crippen LogP contribution in [0.15, 0.2) is 6.33 Å². The highest BCUT2D eigenvalue weighted by Crippen LogP contribution is 1.99. The largest absolute Gasteiger partial charge is 0.277 e. The highest BCUT2D eigenvalue weighted by Gasteiger charge is 1.94. The summed E-state index contributed by atoms with van der Waals surface area (Å²) in [5.41, 5.74) is 2.68. The summed E-state index contributed by atoms with van der Waals surface area (Å²) in [6, 6.07) is 0. The van der Waals surface area contributed by atoms with Crippen LogP contribution in [-0.4, -0.2) is 20.2 Å². The van der Waals surface area contributed by atoms with Crippen molar-refractivity contribution in [2.45, 2.75) is 0 Å². The summed E-state index contributed by atoms with van der Waals surface area (Å²) in [4.78, 5) is 10.3. The molecule has 1 aromatic heterocycles. The Bertz CT molecular complexity index is 205. The lowest BCUT2D eigenvalue weighted by Gasteiger charge is -1.89. The molecule has 0 saturated carbocycles. The molecule has 5 nitrogen and oxygen atoms in total. The van der Waals surface area contributed by atoms with Crippen LogP contribution in [0.25, 0.3) is 0 Å². The van der Waals surface area contributed by atoms with Crippen molar-refractivity contribution in [1.29, 1.82) is 0 Å². The molecule has 0 atom stereocenters. The normalized spacial score (nSPS) is 9.11. The standard InChI is InChI=1S/C3H2ClN4O/c4-2-5-1-6-3(7-2)8-9/h1,9H. The summed E-state index contributed by atoms with van der Waals surface area (Å²) < 4.78 is 0. The van der Waals surface area contributed by atoms with Crippen molar-refractivity contribution in [2.24, 2.45) is 0 Å². The number of nitrogens with zero attached hydrogens (tertiary/aromatic N) is 4. The van der Waals surface area contributed by atoms with E-state index in [4.69, 9.17) is 16.8 Å². The minimum Gasteiger partial charge on any atom is -0.264 e. The van der Waals surface area contributed by atoms with Crippen molar-refractivity contribution >= 4 is 17.5 Å². The van der Waals surface area contributed by atoms with Gasteiger partial charge in [-0.15, -0.1) is 0 Å². The van der Waals surface area contributed by atoms with Gasteiger partial charge in [-0.3, -0.25) is 5.21 Å². The lowest BCUT2D eigenvalue weighted by atomic mass is 11.0. The minimum absolute atomic E-state index is 0.0119. The van der Waals surface area contributed by atoms with Crippen LogP contribution in [0.5, 0.6) is 0 Å². The molecule has 9 heavy (non-hydrogen) atoms.